The highest BCUT2D eigenvalue weighted by Gasteiger charge is 2.30. The summed E-state index contributed by atoms with van der Waals surface area (Å²) in [4.78, 5) is 33.0. The Morgan fingerprint density at radius 3 is 2.36 bits per heavy atom. The molecule has 11 heteroatoms. The number of ether oxygens (including phenoxy) is 3. The van der Waals surface area contributed by atoms with E-state index in [4.69, 9.17) is 19.0 Å². The standard InChI is InChI=1S/C34H34N2O8S/c1-41-28-17-21-13-15-26(25-18-27(37)29(45-4)16-14-23(25)31(21)33(43-3)32(28)42-2)35-34(38)24-12-8-11-22(19-44-36(39)40)30(24)20-9-6-5-7-10-20/h5-12,14,16-18,26,39-40H,13,15,19H2,1-4H3,(H,35,38)/t26-/m0/s1. The number of benzene rings is 3. The number of nitrogens with zero attached hydrogens (tertiary/aromatic N) is 1. The SMILES string of the molecule is COc1cc2c(c(OC)c1OC)-c1ccc(SC)c(=O)cc1[C@@H](NC(=O)c1cccc(CON(O)O)c1-c1ccccc1)CC2. The molecule has 0 spiro atoms. The molecule has 0 unspecified atom stereocenters. The Labute approximate surface area is 265 Å². The topological polar surface area (TPSA) is 127 Å². The lowest BCUT2D eigenvalue weighted by Gasteiger charge is -2.21. The van der Waals surface area contributed by atoms with Gasteiger partial charge in [-0.2, -0.15) is 0 Å². The monoisotopic (exact) mass is 630 g/mol. The zero-order valence-corrected chi connectivity index (χ0v) is 26.1. The average Bonchev–Trinajstić information content (AvgIpc) is 3.30. The van der Waals surface area contributed by atoms with Crippen LogP contribution in [-0.2, 0) is 17.9 Å². The number of nitrogens with one attached hydrogen (secondary N) is 1. The minimum absolute atomic E-state index is 0.160. The number of carbonyl (C=O) groups is 1. The molecule has 3 N–H and O–H groups in total. The normalized spacial score (nSPS) is 13.8. The predicted molar refractivity (Wildman–Crippen MR) is 170 cm³/mol. The fourth-order valence-electron chi connectivity index (χ4n) is 5.84. The number of rotatable bonds is 10. The van der Waals surface area contributed by atoms with Gasteiger partial charge in [-0.25, -0.2) is 4.84 Å². The number of methoxy groups -OCH3 is 3. The molecule has 0 bridgehead atoms. The lowest BCUT2D eigenvalue weighted by atomic mass is 9.93. The number of hydrogen-bond donors (Lipinski definition) is 3. The van der Waals surface area contributed by atoms with Crippen LogP contribution in [0.2, 0.25) is 0 Å². The zero-order valence-electron chi connectivity index (χ0n) is 25.3. The number of thioether (sulfide) groups is 1. The van der Waals surface area contributed by atoms with E-state index in [2.05, 4.69) is 5.32 Å². The number of aryl methyl sites for hydroxylation is 1. The van der Waals surface area contributed by atoms with E-state index < -0.39 is 6.04 Å². The van der Waals surface area contributed by atoms with Crippen molar-refractivity contribution in [3.05, 3.63) is 105 Å². The Hall–Kier alpha value is -4.39. The van der Waals surface area contributed by atoms with Crippen molar-refractivity contribution in [1.82, 2.24) is 10.7 Å². The minimum Gasteiger partial charge on any atom is -0.493 e. The highest BCUT2D eigenvalue weighted by Crippen LogP contribution is 2.50. The van der Waals surface area contributed by atoms with E-state index in [0.29, 0.717) is 57.2 Å². The third-order valence-electron chi connectivity index (χ3n) is 7.82. The van der Waals surface area contributed by atoms with Crippen molar-refractivity contribution in [2.75, 3.05) is 27.6 Å². The first-order valence-corrected chi connectivity index (χ1v) is 15.4. The molecule has 1 aliphatic carbocycles. The van der Waals surface area contributed by atoms with Crippen LogP contribution in [0.25, 0.3) is 22.3 Å². The van der Waals surface area contributed by atoms with Gasteiger partial charge in [0.1, 0.15) is 0 Å². The van der Waals surface area contributed by atoms with Crippen LogP contribution in [0.5, 0.6) is 17.2 Å². The molecule has 4 aromatic carbocycles. The quantitative estimate of drug-likeness (QED) is 0.141. The smallest absolute Gasteiger partial charge is 0.252 e. The summed E-state index contributed by atoms with van der Waals surface area (Å²) in [6, 6.07) is 21.1. The molecule has 4 aromatic rings. The van der Waals surface area contributed by atoms with Crippen LogP contribution in [0.1, 0.15) is 39.5 Å². The van der Waals surface area contributed by atoms with Crippen LogP contribution in [0.3, 0.4) is 0 Å². The van der Waals surface area contributed by atoms with E-state index >= 15 is 0 Å². The van der Waals surface area contributed by atoms with E-state index in [1.165, 1.54) is 11.8 Å². The molecular weight excluding hydrogens is 596 g/mol. The van der Waals surface area contributed by atoms with Crippen molar-refractivity contribution in [3.8, 4) is 39.5 Å². The molecule has 0 saturated carbocycles. The molecule has 0 fully saturated rings. The molecule has 45 heavy (non-hydrogen) atoms. The van der Waals surface area contributed by atoms with Crippen molar-refractivity contribution < 1.29 is 34.3 Å². The maximum Gasteiger partial charge on any atom is 0.252 e. The zero-order chi connectivity index (χ0) is 32.1. The van der Waals surface area contributed by atoms with E-state index in [1.807, 2.05) is 48.7 Å². The second-order valence-corrected chi connectivity index (χ2v) is 11.1. The van der Waals surface area contributed by atoms with Gasteiger partial charge in [0.15, 0.2) is 16.9 Å². The van der Waals surface area contributed by atoms with Crippen molar-refractivity contribution in [3.63, 3.8) is 0 Å². The van der Waals surface area contributed by atoms with Gasteiger partial charge in [0, 0.05) is 11.1 Å². The van der Waals surface area contributed by atoms with E-state index in [9.17, 15) is 20.0 Å². The fraction of sp³-hybridized carbons (Fsp3) is 0.235. The first kappa shape index (κ1) is 32.0. The van der Waals surface area contributed by atoms with Crippen molar-refractivity contribution >= 4 is 17.7 Å². The van der Waals surface area contributed by atoms with Crippen LogP contribution in [0, 0.1) is 0 Å². The fourth-order valence-corrected chi connectivity index (χ4v) is 6.30. The van der Waals surface area contributed by atoms with Crippen LogP contribution in [-0.4, -0.2) is 49.3 Å². The highest BCUT2D eigenvalue weighted by molar-refractivity contribution is 7.98. The number of hydrogen-bond acceptors (Lipinski definition) is 10. The molecule has 1 amide bonds. The molecule has 0 heterocycles. The van der Waals surface area contributed by atoms with Crippen LogP contribution in [0.15, 0.2) is 82.5 Å². The molecule has 0 radical (unpaired) electrons. The molecule has 234 valence electrons. The summed E-state index contributed by atoms with van der Waals surface area (Å²) in [5.41, 5.74) is 5.18. The van der Waals surface area contributed by atoms with Crippen LogP contribution in [0.4, 0.5) is 0 Å². The van der Waals surface area contributed by atoms with E-state index in [1.54, 1.807) is 51.7 Å². The third kappa shape index (κ3) is 6.53. The maximum atomic E-state index is 14.2. The Morgan fingerprint density at radius 2 is 1.69 bits per heavy atom. The van der Waals surface area contributed by atoms with Gasteiger partial charge in [-0.1, -0.05) is 48.5 Å². The second kappa shape index (κ2) is 14.1. The highest BCUT2D eigenvalue weighted by atomic mass is 32.2. The summed E-state index contributed by atoms with van der Waals surface area (Å²) >= 11 is 1.35. The first-order valence-electron chi connectivity index (χ1n) is 14.1. The van der Waals surface area contributed by atoms with Crippen LogP contribution < -0.4 is 25.0 Å². The van der Waals surface area contributed by atoms with Gasteiger partial charge in [0.2, 0.25) is 5.75 Å². The minimum atomic E-state index is -0.551. The van der Waals surface area contributed by atoms with Crippen molar-refractivity contribution in [2.45, 2.75) is 30.4 Å². The van der Waals surface area contributed by atoms with Gasteiger partial charge in [0.05, 0.1) is 44.3 Å². The lowest BCUT2D eigenvalue weighted by Crippen LogP contribution is -2.30. The van der Waals surface area contributed by atoms with Gasteiger partial charge in [-0.15, -0.1) is 11.8 Å². The number of fused-ring (bicyclic) bond motifs is 3. The molecule has 0 saturated heterocycles. The summed E-state index contributed by atoms with van der Waals surface area (Å²) in [6.07, 6.45) is 2.87. The van der Waals surface area contributed by atoms with Crippen molar-refractivity contribution in [2.24, 2.45) is 0 Å². The van der Waals surface area contributed by atoms with Gasteiger partial charge in [-0.3, -0.25) is 20.0 Å². The Kier molecular flexibility index (Phi) is 10.1. The van der Waals surface area contributed by atoms with E-state index in [0.717, 1.165) is 22.3 Å². The Bertz CT molecular complexity index is 1760. The summed E-state index contributed by atoms with van der Waals surface area (Å²) in [5, 5.41) is 21.2. The van der Waals surface area contributed by atoms with Gasteiger partial charge in [0.25, 0.3) is 5.91 Å². The third-order valence-corrected chi connectivity index (χ3v) is 8.60. The molecule has 10 nitrogen and oxygen atoms in total. The summed E-state index contributed by atoms with van der Waals surface area (Å²) < 4.78 is 17.2. The molecule has 0 aliphatic heterocycles. The molecule has 1 aliphatic rings. The molecular formula is C34H34N2O8S. The summed E-state index contributed by atoms with van der Waals surface area (Å²) in [7, 11) is 4.67. The number of carbonyl (C=O) groups excluding carboxylic acids is 1. The van der Waals surface area contributed by atoms with Crippen LogP contribution >= 0.6 is 11.8 Å². The van der Waals surface area contributed by atoms with Gasteiger partial charge in [-0.05, 0) is 76.7 Å². The Balaban J connectivity index is 1.66. The summed E-state index contributed by atoms with van der Waals surface area (Å²) in [5.74, 6) is 1.06. The molecule has 1 atom stereocenters. The van der Waals surface area contributed by atoms with Gasteiger partial charge >= 0.3 is 0 Å². The Morgan fingerprint density at radius 1 is 0.933 bits per heavy atom. The average molecular weight is 631 g/mol. The van der Waals surface area contributed by atoms with E-state index in [-0.39, 0.29) is 23.3 Å². The number of amides is 1. The first-order chi connectivity index (χ1) is 21.8. The predicted octanol–water partition coefficient (Wildman–Crippen LogP) is 6.06. The second-order valence-electron chi connectivity index (χ2n) is 10.3. The largest absolute Gasteiger partial charge is 0.493 e. The van der Waals surface area contributed by atoms with Crippen molar-refractivity contribution in [1.29, 1.82) is 0 Å². The molecule has 0 aromatic heterocycles. The van der Waals surface area contributed by atoms with Gasteiger partial charge < -0.3 is 19.5 Å². The maximum absolute atomic E-state index is 14.2. The lowest BCUT2D eigenvalue weighted by molar-refractivity contribution is -0.497. The molecule has 5 rings (SSSR count). The summed E-state index contributed by atoms with van der Waals surface area (Å²) in [6.45, 7) is -0.198.